The van der Waals surface area contributed by atoms with Crippen LogP contribution in [0.5, 0.6) is 5.75 Å². The molecule has 0 amide bonds. The number of nitrogens with one attached hydrogen (secondary N) is 1. The van der Waals surface area contributed by atoms with Crippen LogP contribution in [0.3, 0.4) is 0 Å². The average molecular weight is 331 g/mol. The molecular formula is C18H25N3OS. The highest BCUT2D eigenvalue weighted by Gasteiger charge is 2.24. The number of phenols is 1. The molecule has 1 atom stereocenters. The summed E-state index contributed by atoms with van der Waals surface area (Å²) in [5, 5.41) is 15.1. The second-order valence-corrected chi connectivity index (χ2v) is 7.15. The van der Waals surface area contributed by atoms with Crippen molar-refractivity contribution < 1.29 is 5.11 Å². The van der Waals surface area contributed by atoms with Crippen LogP contribution in [0.25, 0.3) is 0 Å². The molecule has 2 aromatic rings. The lowest BCUT2D eigenvalue weighted by molar-refractivity contribution is 0.111. The Balaban J connectivity index is 1.59. The normalized spacial score (nSPS) is 18.1. The molecule has 1 saturated heterocycles. The van der Waals surface area contributed by atoms with E-state index in [-0.39, 0.29) is 0 Å². The van der Waals surface area contributed by atoms with Crippen molar-refractivity contribution in [3.05, 3.63) is 52.2 Å². The van der Waals surface area contributed by atoms with Crippen LogP contribution in [0.4, 0.5) is 0 Å². The molecule has 3 rings (SSSR count). The van der Waals surface area contributed by atoms with Gasteiger partial charge in [0.05, 0.1) is 6.04 Å². The van der Waals surface area contributed by atoms with Crippen LogP contribution in [0, 0.1) is 0 Å². The number of likely N-dealkylation sites (N-methyl/N-ethyl adjacent to an activating group) is 1. The van der Waals surface area contributed by atoms with Gasteiger partial charge in [0.25, 0.3) is 0 Å². The quantitative estimate of drug-likeness (QED) is 0.853. The number of benzene rings is 1. The molecule has 0 aliphatic carbocycles. The van der Waals surface area contributed by atoms with Crippen molar-refractivity contribution in [2.75, 3.05) is 39.8 Å². The van der Waals surface area contributed by atoms with E-state index in [9.17, 15) is 5.11 Å². The third-order valence-corrected chi connectivity index (χ3v) is 5.43. The Bertz CT molecular complexity index is 577. The number of nitrogens with zero attached hydrogens (tertiary/aromatic N) is 2. The molecule has 1 aliphatic heterocycles. The van der Waals surface area contributed by atoms with Crippen molar-refractivity contribution in [2.24, 2.45) is 0 Å². The summed E-state index contributed by atoms with van der Waals surface area (Å²) in [7, 11) is 2.19. The fraction of sp³-hybridized carbons (Fsp3) is 0.444. The largest absolute Gasteiger partial charge is 0.508 e. The third-order valence-electron chi connectivity index (χ3n) is 4.45. The van der Waals surface area contributed by atoms with Gasteiger partial charge >= 0.3 is 0 Å². The molecule has 4 nitrogen and oxygen atoms in total. The van der Waals surface area contributed by atoms with Crippen LogP contribution < -0.4 is 5.32 Å². The van der Waals surface area contributed by atoms with E-state index in [0.29, 0.717) is 11.8 Å². The van der Waals surface area contributed by atoms with E-state index in [4.69, 9.17) is 0 Å². The van der Waals surface area contributed by atoms with Crippen LogP contribution in [-0.2, 0) is 6.54 Å². The first kappa shape index (κ1) is 16.5. The van der Waals surface area contributed by atoms with Gasteiger partial charge in [-0.15, -0.1) is 11.3 Å². The number of aromatic hydroxyl groups is 1. The summed E-state index contributed by atoms with van der Waals surface area (Å²) in [5.74, 6) is 0.322. The van der Waals surface area contributed by atoms with E-state index in [1.807, 2.05) is 23.5 Å². The van der Waals surface area contributed by atoms with E-state index in [1.54, 1.807) is 12.1 Å². The Morgan fingerprint density at radius 3 is 2.52 bits per heavy atom. The first-order valence-corrected chi connectivity index (χ1v) is 9.05. The predicted molar refractivity (Wildman–Crippen MR) is 95.9 cm³/mol. The Morgan fingerprint density at radius 1 is 1.13 bits per heavy atom. The van der Waals surface area contributed by atoms with Gasteiger partial charge in [0.2, 0.25) is 0 Å². The smallest absolute Gasteiger partial charge is 0.115 e. The van der Waals surface area contributed by atoms with Crippen molar-refractivity contribution in [1.82, 2.24) is 15.1 Å². The molecule has 23 heavy (non-hydrogen) atoms. The number of rotatable bonds is 6. The summed E-state index contributed by atoms with van der Waals surface area (Å²) < 4.78 is 0. The number of phenolic OH excluding ortho intramolecular Hbond substituents is 1. The molecule has 2 heterocycles. The SMILES string of the molecule is CN1CCN([C@H](CNCc2ccc(O)cc2)c2cccs2)CC1. The van der Waals surface area contributed by atoms with Gasteiger partial charge in [-0.05, 0) is 36.2 Å². The van der Waals surface area contributed by atoms with E-state index < -0.39 is 0 Å². The number of hydrogen-bond acceptors (Lipinski definition) is 5. The van der Waals surface area contributed by atoms with Gasteiger partial charge in [-0.1, -0.05) is 18.2 Å². The first-order valence-electron chi connectivity index (χ1n) is 8.17. The van der Waals surface area contributed by atoms with Crippen LogP contribution in [-0.4, -0.2) is 54.7 Å². The molecule has 0 unspecified atom stereocenters. The van der Waals surface area contributed by atoms with Gasteiger partial charge < -0.3 is 15.3 Å². The van der Waals surface area contributed by atoms with Crippen LogP contribution in [0.15, 0.2) is 41.8 Å². The molecule has 0 bridgehead atoms. The molecule has 2 N–H and O–H groups in total. The molecule has 0 spiro atoms. The minimum atomic E-state index is 0.322. The van der Waals surface area contributed by atoms with Gasteiger partial charge in [-0.2, -0.15) is 0 Å². The van der Waals surface area contributed by atoms with Crippen molar-refractivity contribution in [2.45, 2.75) is 12.6 Å². The van der Waals surface area contributed by atoms with Gasteiger partial charge in [0.1, 0.15) is 5.75 Å². The van der Waals surface area contributed by atoms with E-state index in [0.717, 1.165) is 39.3 Å². The Kier molecular flexibility index (Phi) is 5.67. The standard InChI is InChI=1S/C18H25N3OS/c1-20-8-10-21(11-9-20)17(18-3-2-12-23-18)14-19-13-15-4-6-16(22)7-5-15/h2-7,12,17,19,22H,8-11,13-14H2,1H3/t17-/m1/s1. The van der Waals surface area contributed by atoms with Gasteiger partial charge in [-0.25, -0.2) is 0 Å². The number of thiophene rings is 1. The van der Waals surface area contributed by atoms with E-state index >= 15 is 0 Å². The second kappa shape index (κ2) is 7.93. The molecule has 0 saturated carbocycles. The van der Waals surface area contributed by atoms with Crippen molar-refractivity contribution in [3.63, 3.8) is 0 Å². The maximum atomic E-state index is 9.36. The summed E-state index contributed by atoms with van der Waals surface area (Å²) in [6, 6.07) is 12.3. The minimum absolute atomic E-state index is 0.322. The highest BCUT2D eigenvalue weighted by molar-refractivity contribution is 7.10. The Hall–Kier alpha value is -1.40. The lowest BCUT2D eigenvalue weighted by atomic mass is 10.1. The molecule has 1 aromatic heterocycles. The summed E-state index contributed by atoms with van der Waals surface area (Å²) in [4.78, 5) is 6.43. The zero-order valence-corrected chi connectivity index (χ0v) is 14.4. The van der Waals surface area contributed by atoms with Gasteiger partial charge in [0, 0.05) is 44.1 Å². The number of piperazine rings is 1. The highest BCUT2D eigenvalue weighted by atomic mass is 32.1. The van der Waals surface area contributed by atoms with Crippen LogP contribution in [0.2, 0.25) is 0 Å². The lowest BCUT2D eigenvalue weighted by Gasteiger charge is -2.37. The summed E-state index contributed by atoms with van der Waals surface area (Å²) >= 11 is 1.85. The minimum Gasteiger partial charge on any atom is -0.508 e. The predicted octanol–water partition coefficient (Wildman–Crippen LogP) is 2.53. The molecule has 1 fully saturated rings. The second-order valence-electron chi connectivity index (χ2n) is 6.17. The Labute approximate surface area is 142 Å². The summed E-state index contributed by atoms with van der Waals surface area (Å²) in [6.45, 7) is 6.31. The maximum Gasteiger partial charge on any atom is 0.115 e. The fourth-order valence-corrected chi connectivity index (χ4v) is 3.85. The van der Waals surface area contributed by atoms with Gasteiger partial charge in [0.15, 0.2) is 0 Å². The van der Waals surface area contributed by atoms with Crippen molar-refractivity contribution in [1.29, 1.82) is 0 Å². The summed E-state index contributed by atoms with van der Waals surface area (Å²) in [5.41, 5.74) is 1.20. The highest BCUT2D eigenvalue weighted by Crippen LogP contribution is 2.25. The zero-order valence-electron chi connectivity index (χ0n) is 13.6. The third kappa shape index (κ3) is 4.54. The van der Waals surface area contributed by atoms with E-state index in [1.165, 1.54) is 10.4 Å². The molecule has 5 heteroatoms. The van der Waals surface area contributed by atoms with E-state index in [2.05, 4.69) is 39.7 Å². The number of hydrogen-bond donors (Lipinski definition) is 2. The molecule has 1 aliphatic rings. The zero-order chi connectivity index (χ0) is 16.1. The fourth-order valence-electron chi connectivity index (χ4n) is 2.99. The molecule has 1 aromatic carbocycles. The monoisotopic (exact) mass is 331 g/mol. The molecular weight excluding hydrogens is 306 g/mol. The molecule has 124 valence electrons. The van der Waals surface area contributed by atoms with Crippen LogP contribution >= 0.6 is 11.3 Å². The molecule has 0 radical (unpaired) electrons. The first-order chi connectivity index (χ1) is 11.2. The maximum absolute atomic E-state index is 9.36. The van der Waals surface area contributed by atoms with Gasteiger partial charge in [-0.3, -0.25) is 4.90 Å². The summed E-state index contributed by atoms with van der Waals surface area (Å²) in [6.07, 6.45) is 0. The van der Waals surface area contributed by atoms with Crippen LogP contribution in [0.1, 0.15) is 16.5 Å². The van der Waals surface area contributed by atoms with Crippen molar-refractivity contribution in [3.8, 4) is 5.75 Å². The average Bonchev–Trinajstić information content (AvgIpc) is 3.09. The Morgan fingerprint density at radius 2 is 1.87 bits per heavy atom. The lowest BCUT2D eigenvalue weighted by Crippen LogP contribution is -2.47. The topological polar surface area (TPSA) is 38.7 Å². The van der Waals surface area contributed by atoms with Crippen molar-refractivity contribution >= 4 is 11.3 Å².